The van der Waals surface area contributed by atoms with Crippen molar-refractivity contribution in [3.8, 4) is 0 Å². The molecule has 0 saturated carbocycles. The number of amidine groups is 1. The van der Waals surface area contributed by atoms with Gasteiger partial charge in [-0.15, -0.1) is 4.40 Å². The number of carbonyl (C=O) groups excluding carboxylic acids is 1. The summed E-state index contributed by atoms with van der Waals surface area (Å²) in [6, 6.07) is 8.59. The lowest BCUT2D eigenvalue weighted by molar-refractivity contribution is 0.0921. The molecule has 1 aromatic carbocycles. The van der Waals surface area contributed by atoms with E-state index in [-0.39, 0.29) is 16.8 Å². The molecule has 0 radical (unpaired) electrons. The van der Waals surface area contributed by atoms with E-state index in [2.05, 4.69) is 9.71 Å². The van der Waals surface area contributed by atoms with Crippen molar-refractivity contribution in [3.63, 3.8) is 0 Å². The third-order valence-electron chi connectivity index (χ3n) is 4.85. The molecule has 8 heteroatoms. The van der Waals surface area contributed by atoms with Crippen molar-refractivity contribution in [1.29, 1.82) is 0 Å². The summed E-state index contributed by atoms with van der Waals surface area (Å²) < 4.78 is 33.5. The summed E-state index contributed by atoms with van der Waals surface area (Å²) >= 11 is 0. The number of hydrogen-bond donors (Lipinski definition) is 1. The highest BCUT2D eigenvalue weighted by molar-refractivity contribution is 7.90. The van der Waals surface area contributed by atoms with E-state index in [0.717, 1.165) is 12.8 Å². The molecule has 7 nitrogen and oxygen atoms in total. The molecule has 1 N–H and O–H groups in total. The molecule has 1 saturated heterocycles. The van der Waals surface area contributed by atoms with Crippen LogP contribution in [-0.2, 0) is 10.0 Å². The van der Waals surface area contributed by atoms with Gasteiger partial charge in [0.05, 0.1) is 11.8 Å². The maximum atomic E-state index is 12.3. The largest absolute Gasteiger partial charge is 0.469 e. The molecule has 3 heterocycles. The first-order chi connectivity index (χ1) is 12.5. The lowest BCUT2D eigenvalue weighted by atomic mass is 10.0. The van der Waals surface area contributed by atoms with E-state index >= 15 is 0 Å². The molecule has 0 bridgehead atoms. The SMILES string of the molecule is Cc1occc1C(=O)NC1CCN(C2=NS(=O)(=O)c3ccccc32)CC1. The van der Waals surface area contributed by atoms with Crippen LogP contribution in [0.1, 0.15) is 34.5 Å². The minimum Gasteiger partial charge on any atom is -0.469 e. The van der Waals surface area contributed by atoms with Gasteiger partial charge < -0.3 is 14.6 Å². The molecule has 1 aromatic heterocycles. The summed E-state index contributed by atoms with van der Waals surface area (Å²) in [6.07, 6.45) is 2.96. The molecule has 4 rings (SSSR count). The summed E-state index contributed by atoms with van der Waals surface area (Å²) in [4.78, 5) is 14.5. The first-order valence-corrected chi connectivity index (χ1v) is 9.94. The summed E-state index contributed by atoms with van der Waals surface area (Å²) in [5, 5.41) is 3.02. The van der Waals surface area contributed by atoms with Gasteiger partial charge in [0.1, 0.15) is 10.7 Å². The van der Waals surface area contributed by atoms with Gasteiger partial charge >= 0.3 is 0 Å². The molecule has 26 heavy (non-hydrogen) atoms. The zero-order chi connectivity index (χ0) is 18.3. The summed E-state index contributed by atoms with van der Waals surface area (Å²) in [7, 11) is -3.60. The number of fused-ring (bicyclic) bond motifs is 1. The maximum absolute atomic E-state index is 12.3. The highest BCUT2D eigenvalue weighted by Gasteiger charge is 2.33. The Morgan fingerprint density at radius 1 is 1.23 bits per heavy atom. The monoisotopic (exact) mass is 373 g/mol. The van der Waals surface area contributed by atoms with Crippen molar-refractivity contribution in [2.24, 2.45) is 4.40 Å². The van der Waals surface area contributed by atoms with E-state index in [1.807, 2.05) is 11.0 Å². The minimum absolute atomic E-state index is 0.0434. The van der Waals surface area contributed by atoms with Crippen LogP contribution >= 0.6 is 0 Å². The maximum Gasteiger partial charge on any atom is 0.285 e. The number of rotatable bonds is 2. The van der Waals surface area contributed by atoms with E-state index in [1.54, 1.807) is 31.2 Å². The van der Waals surface area contributed by atoms with Gasteiger partial charge in [-0.3, -0.25) is 4.79 Å². The van der Waals surface area contributed by atoms with Gasteiger partial charge in [0.2, 0.25) is 0 Å². The standard InChI is InChI=1S/C18H19N3O4S/c1-12-14(8-11-25-12)18(22)19-13-6-9-21(10-7-13)17-15-4-2-3-5-16(15)26(23,24)20-17/h2-5,8,11,13H,6-7,9-10H2,1H3,(H,19,22). The lowest BCUT2D eigenvalue weighted by Crippen LogP contribution is -2.46. The summed E-state index contributed by atoms with van der Waals surface area (Å²) in [5.74, 6) is 0.971. The molecule has 0 aliphatic carbocycles. The lowest BCUT2D eigenvalue weighted by Gasteiger charge is -2.33. The van der Waals surface area contributed by atoms with Gasteiger partial charge in [0, 0.05) is 24.7 Å². The van der Waals surface area contributed by atoms with Crippen LogP contribution in [0.2, 0.25) is 0 Å². The second-order valence-electron chi connectivity index (χ2n) is 6.51. The molecule has 0 atom stereocenters. The molecule has 2 aromatic rings. The number of sulfonamides is 1. The molecule has 2 aliphatic heterocycles. The fraction of sp³-hybridized carbons (Fsp3) is 0.333. The number of furan rings is 1. The predicted molar refractivity (Wildman–Crippen MR) is 95.7 cm³/mol. The van der Waals surface area contributed by atoms with Gasteiger partial charge in [0.15, 0.2) is 5.84 Å². The van der Waals surface area contributed by atoms with Crippen LogP contribution in [0.3, 0.4) is 0 Å². The first kappa shape index (κ1) is 16.8. The molecule has 1 fully saturated rings. The second kappa shape index (κ2) is 6.28. The third-order valence-corrected chi connectivity index (χ3v) is 6.17. The Bertz CT molecular complexity index is 985. The van der Waals surface area contributed by atoms with Crippen molar-refractivity contribution in [2.45, 2.75) is 30.7 Å². The number of likely N-dealkylation sites (tertiary alicyclic amines) is 1. The predicted octanol–water partition coefficient (Wildman–Crippen LogP) is 1.93. The normalized spacial score (nSPS) is 19.1. The molecule has 2 aliphatic rings. The Kier molecular flexibility index (Phi) is 4.07. The smallest absolute Gasteiger partial charge is 0.285 e. The number of benzene rings is 1. The van der Waals surface area contributed by atoms with E-state index in [1.165, 1.54) is 6.26 Å². The second-order valence-corrected chi connectivity index (χ2v) is 8.08. The summed E-state index contributed by atoms with van der Waals surface area (Å²) in [5.41, 5.74) is 1.21. The molecular weight excluding hydrogens is 354 g/mol. The Morgan fingerprint density at radius 3 is 2.65 bits per heavy atom. The molecular formula is C18H19N3O4S. The fourth-order valence-electron chi connectivity index (χ4n) is 3.44. The zero-order valence-corrected chi connectivity index (χ0v) is 15.1. The highest BCUT2D eigenvalue weighted by atomic mass is 32.2. The van der Waals surface area contributed by atoms with Crippen LogP contribution in [0.15, 0.2) is 50.3 Å². The third kappa shape index (κ3) is 2.90. The van der Waals surface area contributed by atoms with Crippen molar-refractivity contribution < 1.29 is 17.6 Å². The van der Waals surface area contributed by atoms with Gasteiger partial charge in [0.25, 0.3) is 15.9 Å². The van der Waals surface area contributed by atoms with Crippen LogP contribution < -0.4 is 5.32 Å². The van der Waals surface area contributed by atoms with Crippen molar-refractivity contribution in [2.75, 3.05) is 13.1 Å². The molecule has 0 spiro atoms. The van der Waals surface area contributed by atoms with Gasteiger partial charge in [-0.05, 0) is 38.0 Å². The topological polar surface area (TPSA) is 92.0 Å². The Hall–Kier alpha value is -2.61. The minimum atomic E-state index is -3.60. The van der Waals surface area contributed by atoms with E-state index < -0.39 is 10.0 Å². The van der Waals surface area contributed by atoms with Crippen LogP contribution in [0.25, 0.3) is 0 Å². The van der Waals surface area contributed by atoms with Crippen molar-refractivity contribution >= 4 is 21.8 Å². The van der Waals surface area contributed by atoms with E-state index in [0.29, 0.717) is 35.8 Å². The average molecular weight is 373 g/mol. The molecule has 1 amide bonds. The summed E-state index contributed by atoms with van der Waals surface area (Å²) in [6.45, 7) is 3.03. The number of nitrogens with zero attached hydrogens (tertiary/aromatic N) is 2. The van der Waals surface area contributed by atoms with Crippen molar-refractivity contribution in [3.05, 3.63) is 53.5 Å². The number of amides is 1. The number of nitrogens with one attached hydrogen (secondary N) is 1. The van der Waals surface area contributed by atoms with Crippen LogP contribution in [0, 0.1) is 6.92 Å². The Balaban J connectivity index is 1.43. The number of hydrogen-bond acceptors (Lipinski definition) is 5. The van der Waals surface area contributed by atoms with E-state index in [4.69, 9.17) is 4.42 Å². The van der Waals surface area contributed by atoms with Crippen molar-refractivity contribution in [1.82, 2.24) is 10.2 Å². The highest BCUT2D eigenvalue weighted by Crippen LogP contribution is 2.28. The van der Waals surface area contributed by atoms with Gasteiger partial charge in [-0.25, -0.2) is 0 Å². The quantitative estimate of drug-likeness (QED) is 0.868. The van der Waals surface area contributed by atoms with Crippen LogP contribution in [0.5, 0.6) is 0 Å². The number of piperidine rings is 1. The Morgan fingerprint density at radius 2 is 1.96 bits per heavy atom. The average Bonchev–Trinajstić information content (AvgIpc) is 3.17. The Labute approximate surface area is 151 Å². The van der Waals surface area contributed by atoms with E-state index in [9.17, 15) is 13.2 Å². The van der Waals surface area contributed by atoms with Gasteiger partial charge in [-0.2, -0.15) is 8.42 Å². The first-order valence-electron chi connectivity index (χ1n) is 8.50. The molecule has 0 unspecified atom stereocenters. The fourth-order valence-corrected chi connectivity index (χ4v) is 4.66. The molecule has 136 valence electrons. The van der Waals surface area contributed by atoms with Crippen LogP contribution in [-0.4, -0.2) is 44.2 Å². The number of carbonyl (C=O) groups is 1. The number of aryl methyl sites for hydroxylation is 1. The van der Waals surface area contributed by atoms with Gasteiger partial charge in [-0.1, -0.05) is 12.1 Å². The zero-order valence-electron chi connectivity index (χ0n) is 14.3. The van der Waals surface area contributed by atoms with Crippen LogP contribution in [0.4, 0.5) is 0 Å².